The molecule has 19 heavy (non-hydrogen) atoms. The lowest BCUT2D eigenvalue weighted by molar-refractivity contribution is -0.0109. The number of nitrogens with one attached hydrogen (secondary N) is 1. The van der Waals surface area contributed by atoms with Crippen LogP contribution in [0.25, 0.3) is 0 Å². The number of piperidine rings is 1. The van der Waals surface area contributed by atoms with Gasteiger partial charge >= 0.3 is 0 Å². The van der Waals surface area contributed by atoms with Gasteiger partial charge in [0.1, 0.15) is 11.5 Å². The van der Waals surface area contributed by atoms with E-state index in [4.69, 9.17) is 11.6 Å². The number of aromatic nitrogens is 1. The predicted molar refractivity (Wildman–Crippen MR) is 74.6 cm³/mol. The van der Waals surface area contributed by atoms with E-state index in [1.54, 1.807) is 31.0 Å². The molecule has 0 saturated carbocycles. The van der Waals surface area contributed by atoms with Crippen molar-refractivity contribution < 1.29 is 9.90 Å². The Labute approximate surface area is 117 Å². The van der Waals surface area contributed by atoms with Crippen LogP contribution in [0.15, 0.2) is 12.1 Å². The van der Waals surface area contributed by atoms with Gasteiger partial charge in [-0.25, -0.2) is 4.98 Å². The number of amides is 1. The zero-order valence-corrected chi connectivity index (χ0v) is 11.9. The summed E-state index contributed by atoms with van der Waals surface area (Å²) in [6.45, 7) is 2.68. The van der Waals surface area contributed by atoms with Gasteiger partial charge in [-0.2, -0.15) is 0 Å². The number of aliphatic hydroxyl groups is 1. The number of carbonyl (C=O) groups is 1. The first-order valence-electron chi connectivity index (χ1n) is 6.29. The number of nitrogens with zero attached hydrogens (tertiary/aromatic N) is 2. The van der Waals surface area contributed by atoms with Crippen LogP contribution >= 0.6 is 11.6 Å². The molecule has 0 radical (unpaired) electrons. The first-order chi connectivity index (χ1) is 8.93. The molecule has 2 rings (SSSR count). The standard InChI is InChI=1S/C13H18ClN3O2/c1-13(19)6-3-7-17(8-13)12(18)11-9(14)4-5-10(15-2)16-11/h4-5,19H,3,6-8H2,1-2H3,(H,15,16). The van der Waals surface area contributed by atoms with Crippen LogP contribution in [-0.4, -0.2) is 46.6 Å². The molecule has 104 valence electrons. The van der Waals surface area contributed by atoms with Crippen molar-refractivity contribution >= 4 is 23.3 Å². The van der Waals surface area contributed by atoms with E-state index < -0.39 is 5.60 Å². The molecule has 1 aliphatic heterocycles. The molecule has 1 amide bonds. The highest BCUT2D eigenvalue weighted by Gasteiger charge is 2.32. The van der Waals surface area contributed by atoms with Crippen LogP contribution in [0.4, 0.5) is 5.82 Å². The SMILES string of the molecule is CNc1ccc(Cl)c(C(=O)N2CCCC(C)(O)C2)n1. The van der Waals surface area contributed by atoms with Crippen LogP contribution in [0, 0.1) is 0 Å². The second-order valence-corrected chi connectivity index (χ2v) is 5.51. The van der Waals surface area contributed by atoms with Gasteiger partial charge in [-0.1, -0.05) is 11.6 Å². The highest BCUT2D eigenvalue weighted by molar-refractivity contribution is 6.33. The van der Waals surface area contributed by atoms with Gasteiger partial charge in [0.2, 0.25) is 0 Å². The summed E-state index contributed by atoms with van der Waals surface area (Å²) in [6.07, 6.45) is 1.48. The molecule has 1 atom stereocenters. The molecule has 1 aromatic rings. The number of pyridine rings is 1. The second kappa shape index (κ2) is 5.35. The van der Waals surface area contributed by atoms with Crippen LogP contribution in [0.3, 0.4) is 0 Å². The number of hydrogen-bond acceptors (Lipinski definition) is 4. The summed E-state index contributed by atoms with van der Waals surface area (Å²) in [4.78, 5) is 18.2. The molecule has 2 heterocycles. The van der Waals surface area contributed by atoms with E-state index in [0.717, 1.165) is 6.42 Å². The quantitative estimate of drug-likeness (QED) is 0.868. The normalized spacial score (nSPS) is 23.3. The third-order valence-electron chi connectivity index (χ3n) is 3.27. The fourth-order valence-corrected chi connectivity index (χ4v) is 2.46. The number of hydrogen-bond donors (Lipinski definition) is 2. The molecule has 1 saturated heterocycles. The van der Waals surface area contributed by atoms with Crippen LogP contribution in [0.5, 0.6) is 0 Å². The third kappa shape index (κ3) is 3.16. The molecular weight excluding hydrogens is 266 g/mol. The fourth-order valence-electron chi connectivity index (χ4n) is 2.27. The molecule has 1 fully saturated rings. The Bertz CT molecular complexity index is 491. The van der Waals surface area contributed by atoms with E-state index in [2.05, 4.69) is 10.3 Å². The molecular formula is C13H18ClN3O2. The van der Waals surface area contributed by atoms with Crippen molar-refractivity contribution in [1.29, 1.82) is 0 Å². The molecule has 1 aliphatic rings. The molecule has 0 spiro atoms. The molecule has 6 heteroatoms. The van der Waals surface area contributed by atoms with Crippen molar-refractivity contribution in [3.05, 3.63) is 22.8 Å². The van der Waals surface area contributed by atoms with E-state index in [1.807, 2.05) is 0 Å². The fraction of sp³-hybridized carbons (Fsp3) is 0.538. The Balaban J connectivity index is 2.24. The van der Waals surface area contributed by atoms with Crippen molar-refractivity contribution in [3.63, 3.8) is 0 Å². The Hall–Kier alpha value is -1.33. The number of likely N-dealkylation sites (tertiary alicyclic amines) is 1. The zero-order chi connectivity index (χ0) is 14.0. The topological polar surface area (TPSA) is 65.5 Å². The monoisotopic (exact) mass is 283 g/mol. The van der Waals surface area contributed by atoms with Gasteiger partial charge in [-0.05, 0) is 31.9 Å². The highest BCUT2D eigenvalue weighted by Crippen LogP contribution is 2.24. The first kappa shape index (κ1) is 14.1. The van der Waals surface area contributed by atoms with Gasteiger partial charge in [0.25, 0.3) is 5.91 Å². The predicted octanol–water partition coefficient (Wildman–Crippen LogP) is 1.76. The minimum Gasteiger partial charge on any atom is -0.388 e. The van der Waals surface area contributed by atoms with Crippen molar-refractivity contribution in [2.24, 2.45) is 0 Å². The van der Waals surface area contributed by atoms with Gasteiger partial charge in [-0.3, -0.25) is 4.79 Å². The van der Waals surface area contributed by atoms with Crippen LogP contribution in [0.1, 0.15) is 30.3 Å². The largest absolute Gasteiger partial charge is 0.388 e. The summed E-state index contributed by atoms with van der Waals surface area (Å²) in [5.41, 5.74) is -0.604. The summed E-state index contributed by atoms with van der Waals surface area (Å²) >= 11 is 6.04. The lowest BCUT2D eigenvalue weighted by Crippen LogP contribution is -2.48. The second-order valence-electron chi connectivity index (χ2n) is 5.10. The van der Waals surface area contributed by atoms with Gasteiger partial charge in [0.15, 0.2) is 0 Å². The van der Waals surface area contributed by atoms with Crippen molar-refractivity contribution in [1.82, 2.24) is 9.88 Å². The Morgan fingerprint density at radius 1 is 1.58 bits per heavy atom. The van der Waals surface area contributed by atoms with E-state index in [-0.39, 0.29) is 11.6 Å². The minimum atomic E-state index is -0.832. The first-order valence-corrected chi connectivity index (χ1v) is 6.67. The summed E-state index contributed by atoms with van der Waals surface area (Å²) < 4.78 is 0. The smallest absolute Gasteiger partial charge is 0.274 e. The lowest BCUT2D eigenvalue weighted by atomic mass is 9.95. The van der Waals surface area contributed by atoms with E-state index >= 15 is 0 Å². The van der Waals surface area contributed by atoms with Crippen molar-refractivity contribution in [2.75, 3.05) is 25.5 Å². The number of β-amino-alcohol motifs (C(OH)–C–C–N with tert-alkyl or cyclic N) is 1. The average molecular weight is 284 g/mol. The highest BCUT2D eigenvalue weighted by atomic mass is 35.5. The molecule has 0 aliphatic carbocycles. The Morgan fingerprint density at radius 2 is 2.32 bits per heavy atom. The summed E-state index contributed by atoms with van der Waals surface area (Å²) in [5.74, 6) is 0.360. The zero-order valence-electron chi connectivity index (χ0n) is 11.1. The maximum Gasteiger partial charge on any atom is 0.274 e. The van der Waals surface area contributed by atoms with Gasteiger partial charge in [0, 0.05) is 20.1 Å². The molecule has 0 bridgehead atoms. The van der Waals surface area contributed by atoms with Crippen LogP contribution < -0.4 is 5.32 Å². The maximum atomic E-state index is 12.4. The van der Waals surface area contributed by atoms with E-state index in [0.29, 0.717) is 30.4 Å². The summed E-state index contributed by atoms with van der Waals surface area (Å²) in [7, 11) is 1.73. The van der Waals surface area contributed by atoms with Crippen LogP contribution in [-0.2, 0) is 0 Å². The van der Waals surface area contributed by atoms with Crippen LogP contribution in [0.2, 0.25) is 5.02 Å². The summed E-state index contributed by atoms with van der Waals surface area (Å²) in [5, 5.41) is 13.3. The lowest BCUT2D eigenvalue weighted by Gasteiger charge is -2.36. The van der Waals surface area contributed by atoms with E-state index in [9.17, 15) is 9.90 Å². The third-order valence-corrected chi connectivity index (χ3v) is 3.57. The summed E-state index contributed by atoms with van der Waals surface area (Å²) in [6, 6.07) is 3.36. The number of carbonyl (C=O) groups excluding carboxylic acids is 1. The van der Waals surface area contributed by atoms with Crippen molar-refractivity contribution in [3.8, 4) is 0 Å². The number of anilines is 1. The van der Waals surface area contributed by atoms with Gasteiger partial charge in [0.05, 0.1) is 10.6 Å². The Morgan fingerprint density at radius 3 is 2.95 bits per heavy atom. The number of rotatable bonds is 2. The molecule has 1 unspecified atom stereocenters. The van der Waals surface area contributed by atoms with Gasteiger partial charge < -0.3 is 15.3 Å². The molecule has 2 N–H and O–H groups in total. The average Bonchev–Trinajstić information content (AvgIpc) is 2.37. The minimum absolute atomic E-state index is 0.228. The molecule has 1 aromatic heterocycles. The van der Waals surface area contributed by atoms with E-state index in [1.165, 1.54) is 0 Å². The maximum absolute atomic E-state index is 12.4. The van der Waals surface area contributed by atoms with Gasteiger partial charge in [-0.15, -0.1) is 0 Å². The van der Waals surface area contributed by atoms with Crippen molar-refractivity contribution in [2.45, 2.75) is 25.4 Å². The Kier molecular flexibility index (Phi) is 3.96. The molecule has 0 aromatic carbocycles. The number of halogens is 1. The molecule has 5 nitrogen and oxygen atoms in total.